The first-order chi connectivity index (χ1) is 23.4. The number of nitrogens with one attached hydrogen (secondary N) is 1. The number of carbonyl (C=O) groups excluding carboxylic acids is 2. The molecule has 0 radical (unpaired) electrons. The normalized spacial score (nSPS) is 22.3. The lowest BCUT2D eigenvalue weighted by Gasteiger charge is -2.41. The van der Waals surface area contributed by atoms with Crippen LogP contribution in [0, 0.1) is 0 Å². The molecule has 7 atom stereocenters. The molecule has 1 aromatic carbocycles. The van der Waals surface area contributed by atoms with Crippen molar-refractivity contribution < 1.29 is 44.2 Å². The van der Waals surface area contributed by atoms with E-state index in [2.05, 4.69) is 12.2 Å². The van der Waals surface area contributed by atoms with Gasteiger partial charge in [-0.3, -0.25) is 4.79 Å². The quantitative estimate of drug-likeness (QED) is 0.0601. The maximum absolute atomic E-state index is 12.7. The van der Waals surface area contributed by atoms with Gasteiger partial charge in [-0.2, -0.15) is 0 Å². The average Bonchev–Trinajstić information content (AvgIpc) is 3.06. The molecule has 10 nitrogen and oxygen atoms in total. The SMILES string of the molecule is CCCCCCCCCCCCCCC[C@@H](O)[C@H](CC[C@H]1O[C@H](COC(=O)CCc2ccccc2)[C@H](O)[C@H](O)[C@H]1O)NC(=O)OC(C)(C)C. The molecule has 1 saturated heterocycles. The minimum atomic E-state index is -1.51. The van der Waals surface area contributed by atoms with Gasteiger partial charge in [0.1, 0.15) is 36.6 Å². The molecule has 10 heteroatoms. The Morgan fingerprint density at radius 3 is 1.92 bits per heavy atom. The highest BCUT2D eigenvalue weighted by Gasteiger charge is 2.44. The van der Waals surface area contributed by atoms with Crippen LogP contribution in [-0.4, -0.2) is 87.4 Å². The van der Waals surface area contributed by atoms with Gasteiger partial charge in [-0.1, -0.05) is 121 Å². The molecule has 5 N–H and O–H groups in total. The molecular formula is C39H67NO9. The van der Waals surface area contributed by atoms with E-state index in [9.17, 15) is 30.0 Å². The maximum Gasteiger partial charge on any atom is 0.407 e. The molecule has 0 spiro atoms. The van der Waals surface area contributed by atoms with Crippen molar-refractivity contribution in [2.24, 2.45) is 0 Å². The molecular weight excluding hydrogens is 626 g/mol. The Labute approximate surface area is 295 Å². The zero-order chi connectivity index (χ0) is 36.1. The molecule has 0 unspecified atom stereocenters. The maximum atomic E-state index is 12.7. The van der Waals surface area contributed by atoms with Crippen LogP contribution < -0.4 is 5.32 Å². The van der Waals surface area contributed by atoms with Crippen LogP contribution in [0.4, 0.5) is 4.79 Å². The molecule has 1 aliphatic rings. The fraction of sp³-hybridized carbons (Fsp3) is 0.795. The number of hydrogen-bond donors (Lipinski definition) is 5. The molecule has 1 heterocycles. The largest absolute Gasteiger partial charge is 0.463 e. The Balaban J connectivity index is 1.82. The van der Waals surface area contributed by atoms with Crippen molar-refractivity contribution in [2.45, 2.75) is 192 Å². The Kier molecular flexibility index (Phi) is 21.1. The topological polar surface area (TPSA) is 155 Å². The number of aryl methyl sites for hydroxylation is 1. The molecule has 49 heavy (non-hydrogen) atoms. The van der Waals surface area contributed by atoms with E-state index < -0.39 is 60.3 Å². The number of unbranched alkanes of at least 4 members (excludes halogenated alkanes) is 12. The fourth-order valence-corrected chi connectivity index (χ4v) is 6.28. The summed E-state index contributed by atoms with van der Waals surface area (Å²) in [5.41, 5.74) is 0.279. The molecule has 282 valence electrons. The minimum Gasteiger partial charge on any atom is -0.463 e. The lowest BCUT2D eigenvalue weighted by atomic mass is 9.90. The molecule has 1 amide bonds. The van der Waals surface area contributed by atoms with Crippen LogP contribution in [-0.2, 0) is 25.4 Å². The summed E-state index contributed by atoms with van der Waals surface area (Å²) in [5, 5.41) is 45.8. The number of benzene rings is 1. The van der Waals surface area contributed by atoms with E-state index in [1.807, 2.05) is 30.3 Å². The molecule has 0 bridgehead atoms. The first-order valence-corrected chi connectivity index (χ1v) is 19.0. The summed E-state index contributed by atoms with van der Waals surface area (Å²) in [7, 11) is 0. The van der Waals surface area contributed by atoms with Crippen molar-refractivity contribution in [1.82, 2.24) is 5.32 Å². The van der Waals surface area contributed by atoms with E-state index in [-0.39, 0.29) is 25.9 Å². The molecule has 2 rings (SSSR count). The van der Waals surface area contributed by atoms with Crippen LogP contribution in [0.2, 0.25) is 0 Å². The van der Waals surface area contributed by atoms with Crippen molar-refractivity contribution in [3.63, 3.8) is 0 Å². The van der Waals surface area contributed by atoms with Crippen molar-refractivity contribution in [3.05, 3.63) is 35.9 Å². The Bertz CT molecular complexity index is 1020. The third-order valence-electron chi connectivity index (χ3n) is 9.21. The lowest BCUT2D eigenvalue weighted by molar-refractivity contribution is -0.233. The highest BCUT2D eigenvalue weighted by molar-refractivity contribution is 5.69. The number of esters is 1. The lowest BCUT2D eigenvalue weighted by Crippen LogP contribution is -2.59. The number of carbonyl (C=O) groups is 2. The zero-order valence-electron chi connectivity index (χ0n) is 30.7. The van der Waals surface area contributed by atoms with Crippen LogP contribution in [0.3, 0.4) is 0 Å². The first kappa shape index (κ1) is 42.9. The Hall–Kier alpha value is -2.24. The summed E-state index contributed by atoms with van der Waals surface area (Å²) >= 11 is 0. The van der Waals surface area contributed by atoms with Crippen LogP contribution in [0.1, 0.15) is 142 Å². The van der Waals surface area contributed by atoms with Crippen molar-refractivity contribution >= 4 is 12.1 Å². The van der Waals surface area contributed by atoms with Gasteiger partial charge in [0, 0.05) is 6.42 Å². The fourth-order valence-electron chi connectivity index (χ4n) is 6.28. The molecule has 0 aromatic heterocycles. The number of rotatable bonds is 24. The smallest absolute Gasteiger partial charge is 0.407 e. The number of ether oxygens (including phenoxy) is 3. The van der Waals surface area contributed by atoms with E-state index >= 15 is 0 Å². The average molecular weight is 694 g/mol. The van der Waals surface area contributed by atoms with E-state index in [1.165, 1.54) is 64.2 Å². The zero-order valence-corrected chi connectivity index (χ0v) is 30.7. The van der Waals surface area contributed by atoms with E-state index in [0.717, 1.165) is 24.8 Å². The predicted octanol–water partition coefficient (Wildman–Crippen LogP) is 6.53. The van der Waals surface area contributed by atoms with E-state index in [0.29, 0.717) is 12.8 Å². The second-order valence-corrected chi connectivity index (χ2v) is 14.8. The van der Waals surface area contributed by atoms with Gasteiger partial charge >= 0.3 is 12.1 Å². The van der Waals surface area contributed by atoms with Crippen molar-refractivity contribution in [3.8, 4) is 0 Å². The van der Waals surface area contributed by atoms with E-state index in [4.69, 9.17) is 14.2 Å². The third kappa shape index (κ3) is 18.5. The summed E-state index contributed by atoms with van der Waals surface area (Å²) in [4.78, 5) is 25.0. The summed E-state index contributed by atoms with van der Waals surface area (Å²) in [6.07, 6.45) is 9.63. The highest BCUT2D eigenvalue weighted by atomic mass is 16.6. The van der Waals surface area contributed by atoms with Crippen molar-refractivity contribution in [2.75, 3.05) is 6.61 Å². The van der Waals surface area contributed by atoms with Gasteiger partial charge in [-0.05, 0) is 52.0 Å². The predicted molar refractivity (Wildman–Crippen MR) is 191 cm³/mol. The molecule has 0 aliphatic carbocycles. The van der Waals surface area contributed by atoms with Crippen LogP contribution in [0.5, 0.6) is 0 Å². The van der Waals surface area contributed by atoms with Gasteiger partial charge in [-0.15, -0.1) is 0 Å². The molecule has 1 fully saturated rings. The van der Waals surface area contributed by atoms with Crippen molar-refractivity contribution in [1.29, 1.82) is 0 Å². The monoisotopic (exact) mass is 693 g/mol. The molecule has 1 aliphatic heterocycles. The van der Waals surface area contributed by atoms with Gasteiger partial charge in [0.2, 0.25) is 0 Å². The molecule has 0 saturated carbocycles. The van der Waals surface area contributed by atoms with Gasteiger partial charge in [0.25, 0.3) is 0 Å². The van der Waals surface area contributed by atoms with Gasteiger partial charge < -0.3 is 40.0 Å². The Morgan fingerprint density at radius 2 is 1.35 bits per heavy atom. The number of aliphatic hydroxyl groups is 4. The number of alkyl carbamates (subject to hydrolysis) is 1. The second kappa shape index (κ2) is 24.0. The van der Waals surface area contributed by atoms with Gasteiger partial charge in [0.15, 0.2) is 0 Å². The Morgan fingerprint density at radius 1 is 0.796 bits per heavy atom. The van der Waals surface area contributed by atoms with E-state index in [1.54, 1.807) is 20.8 Å². The first-order valence-electron chi connectivity index (χ1n) is 19.0. The summed E-state index contributed by atoms with van der Waals surface area (Å²) in [6, 6.07) is 8.85. The summed E-state index contributed by atoms with van der Waals surface area (Å²) in [6.45, 7) is 7.25. The number of aliphatic hydroxyl groups excluding tert-OH is 4. The third-order valence-corrected chi connectivity index (χ3v) is 9.21. The van der Waals surface area contributed by atoms with Gasteiger partial charge in [-0.25, -0.2) is 4.79 Å². The highest BCUT2D eigenvalue weighted by Crippen LogP contribution is 2.26. The standard InChI is InChI=1S/C39H67NO9/c1-5-6-7-8-9-10-11-12-13-14-15-16-20-23-31(41)30(40-38(46)49-39(2,3)4)25-26-32-35(43)37(45)36(44)33(48-32)28-47-34(42)27-24-29-21-18-17-19-22-29/h17-19,21-22,30-33,35-37,41,43-45H,5-16,20,23-28H2,1-4H3,(H,40,46)/t30-,31+,32+,33+,35-,36-,37+/m0/s1. The second-order valence-electron chi connectivity index (χ2n) is 14.8. The number of hydrogen-bond acceptors (Lipinski definition) is 9. The summed E-state index contributed by atoms with van der Waals surface area (Å²) in [5.74, 6) is -0.463. The van der Waals surface area contributed by atoms with Crippen LogP contribution >= 0.6 is 0 Å². The van der Waals surface area contributed by atoms with Crippen LogP contribution in [0.25, 0.3) is 0 Å². The summed E-state index contributed by atoms with van der Waals surface area (Å²) < 4.78 is 16.7. The van der Waals surface area contributed by atoms with Crippen LogP contribution in [0.15, 0.2) is 30.3 Å². The minimum absolute atomic E-state index is 0.149. The number of amides is 1. The molecule has 1 aromatic rings. The van der Waals surface area contributed by atoms with Gasteiger partial charge in [0.05, 0.1) is 18.2 Å².